The van der Waals surface area contributed by atoms with E-state index in [0.29, 0.717) is 5.92 Å². The summed E-state index contributed by atoms with van der Waals surface area (Å²) in [6.07, 6.45) is 6.42. The van der Waals surface area contributed by atoms with Crippen LogP contribution in [0.5, 0.6) is 0 Å². The number of aryl methyl sites for hydroxylation is 2. The molecular formula is C16H23+. The summed E-state index contributed by atoms with van der Waals surface area (Å²) in [5.41, 5.74) is 4.52. The van der Waals surface area contributed by atoms with Crippen molar-refractivity contribution in [2.75, 3.05) is 0 Å². The zero-order valence-electron chi connectivity index (χ0n) is 10.6. The minimum Gasteiger partial charge on any atom is -0.0613 e. The van der Waals surface area contributed by atoms with Crippen molar-refractivity contribution in [2.24, 2.45) is 5.92 Å². The highest BCUT2D eigenvalue weighted by atomic mass is 14.2. The van der Waals surface area contributed by atoms with Crippen LogP contribution in [0.3, 0.4) is 0 Å². The van der Waals surface area contributed by atoms with Gasteiger partial charge in [0.15, 0.2) is 0 Å². The lowest BCUT2D eigenvalue weighted by molar-refractivity contribution is 0.373. The van der Waals surface area contributed by atoms with Gasteiger partial charge in [0.25, 0.3) is 0 Å². The summed E-state index contributed by atoms with van der Waals surface area (Å²) in [6, 6.07) is 7.08. The summed E-state index contributed by atoms with van der Waals surface area (Å²) in [5.74, 6) is 1.50. The highest BCUT2D eigenvalue weighted by molar-refractivity contribution is 5.33. The van der Waals surface area contributed by atoms with E-state index >= 15 is 0 Å². The van der Waals surface area contributed by atoms with E-state index in [2.05, 4.69) is 39.0 Å². The van der Waals surface area contributed by atoms with E-state index in [1.54, 1.807) is 5.56 Å². The van der Waals surface area contributed by atoms with Crippen molar-refractivity contribution in [1.82, 2.24) is 0 Å². The first-order valence-corrected chi connectivity index (χ1v) is 6.63. The molecule has 86 valence electrons. The van der Waals surface area contributed by atoms with Crippen LogP contribution in [-0.4, -0.2) is 0 Å². The molecule has 0 unspecified atom stereocenters. The summed E-state index contributed by atoms with van der Waals surface area (Å²) in [6.45, 7) is 8.65. The van der Waals surface area contributed by atoms with Gasteiger partial charge in [0, 0.05) is 0 Å². The lowest BCUT2D eigenvalue weighted by Gasteiger charge is -2.24. The van der Waals surface area contributed by atoms with Crippen LogP contribution in [0, 0.1) is 19.8 Å². The Morgan fingerprint density at radius 2 is 1.88 bits per heavy atom. The van der Waals surface area contributed by atoms with Gasteiger partial charge in [-0.3, -0.25) is 0 Å². The molecule has 2 rings (SSSR count). The van der Waals surface area contributed by atoms with Crippen molar-refractivity contribution < 1.29 is 0 Å². The Kier molecular flexibility index (Phi) is 3.58. The molecule has 0 bridgehead atoms. The van der Waals surface area contributed by atoms with Gasteiger partial charge < -0.3 is 0 Å². The number of benzene rings is 1. The average molecular weight is 215 g/mol. The molecule has 16 heavy (non-hydrogen) atoms. The Hall–Kier alpha value is -0.910. The highest BCUT2D eigenvalue weighted by Gasteiger charge is 2.23. The molecule has 1 fully saturated rings. The van der Waals surface area contributed by atoms with Crippen LogP contribution in [0.1, 0.15) is 55.2 Å². The number of hydrogen-bond donors (Lipinski definition) is 0. The predicted octanol–water partition coefficient (Wildman–Crippen LogP) is 4.67. The van der Waals surface area contributed by atoms with Gasteiger partial charge in [-0.25, -0.2) is 0 Å². The van der Waals surface area contributed by atoms with Gasteiger partial charge in [0.1, 0.15) is 0 Å². The van der Waals surface area contributed by atoms with Crippen molar-refractivity contribution in [3.63, 3.8) is 0 Å². The van der Waals surface area contributed by atoms with E-state index in [-0.39, 0.29) is 0 Å². The molecule has 0 heterocycles. The quantitative estimate of drug-likeness (QED) is 0.629. The van der Waals surface area contributed by atoms with Crippen molar-refractivity contribution >= 4 is 0 Å². The summed E-state index contributed by atoms with van der Waals surface area (Å²) in [4.78, 5) is 0. The second-order valence-electron chi connectivity index (χ2n) is 5.26. The lowest BCUT2D eigenvalue weighted by Crippen LogP contribution is -2.11. The normalized spacial score (nSPS) is 25.6. The maximum Gasteiger partial charge on any atom is 0.0953 e. The Morgan fingerprint density at radius 3 is 2.44 bits per heavy atom. The van der Waals surface area contributed by atoms with Crippen LogP contribution < -0.4 is 0 Å². The third-order valence-corrected chi connectivity index (χ3v) is 4.07. The van der Waals surface area contributed by atoms with E-state index in [4.69, 9.17) is 0 Å². The maximum atomic E-state index is 4.17. The van der Waals surface area contributed by atoms with Crippen LogP contribution >= 0.6 is 0 Å². The summed E-state index contributed by atoms with van der Waals surface area (Å²) < 4.78 is 0. The lowest BCUT2D eigenvalue weighted by atomic mass is 9.79. The monoisotopic (exact) mass is 215 g/mol. The molecule has 1 aliphatic carbocycles. The topological polar surface area (TPSA) is 0 Å². The first-order valence-electron chi connectivity index (χ1n) is 6.63. The fourth-order valence-corrected chi connectivity index (χ4v) is 2.87. The largest absolute Gasteiger partial charge is 0.0953 e. The van der Waals surface area contributed by atoms with E-state index in [0.717, 1.165) is 12.3 Å². The molecule has 0 heteroatoms. The summed E-state index contributed by atoms with van der Waals surface area (Å²) in [5, 5.41) is 0. The summed E-state index contributed by atoms with van der Waals surface area (Å²) >= 11 is 0. The van der Waals surface area contributed by atoms with Crippen LogP contribution in [-0.2, 0) is 6.42 Å². The van der Waals surface area contributed by atoms with Gasteiger partial charge in [0.2, 0.25) is 0 Å². The van der Waals surface area contributed by atoms with E-state index in [1.807, 2.05) is 0 Å². The van der Waals surface area contributed by atoms with Crippen LogP contribution in [0.2, 0.25) is 0 Å². The van der Waals surface area contributed by atoms with Gasteiger partial charge in [0.05, 0.1) is 12.8 Å². The third-order valence-electron chi connectivity index (χ3n) is 4.07. The highest BCUT2D eigenvalue weighted by Crippen LogP contribution is 2.35. The molecule has 0 saturated heterocycles. The zero-order chi connectivity index (χ0) is 11.5. The Bertz CT molecular complexity index is 343. The Labute approximate surface area is 100 Å². The fourth-order valence-electron chi connectivity index (χ4n) is 2.87. The second kappa shape index (κ2) is 4.95. The molecule has 1 aromatic carbocycles. The van der Waals surface area contributed by atoms with Crippen molar-refractivity contribution in [1.29, 1.82) is 0 Å². The van der Waals surface area contributed by atoms with Gasteiger partial charge in [-0.2, -0.15) is 0 Å². The zero-order valence-corrected chi connectivity index (χ0v) is 10.6. The van der Waals surface area contributed by atoms with Gasteiger partial charge in [-0.15, -0.1) is 0 Å². The molecule has 1 aromatic rings. The number of hydrogen-bond acceptors (Lipinski definition) is 0. The SMILES string of the molecule is [CH2+]C1CCC(c2ccc(CC)c(C)c2)CC1. The van der Waals surface area contributed by atoms with Crippen molar-refractivity contribution in [2.45, 2.75) is 51.9 Å². The maximum absolute atomic E-state index is 4.17. The van der Waals surface area contributed by atoms with E-state index in [1.165, 1.54) is 36.8 Å². The minimum absolute atomic E-state index is 0.701. The molecule has 0 atom stereocenters. The van der Waals surface area contributed by atoms with Crippen molar-refractivity contribution in [3.05, 3.63) is 41.8 Å². The molecule has 0 spiro atoms. The van der Waals surface area contributed by atoms with Crippen LogP contribution in [0.25, 0.3) is 0 Å². The Balaban J connectivity index is 2.12. The molecule has 0 radical (unpaired) electrons. The molecular weight excluding hydrogens is 192 g/mol. The first kappa shape index (κ1) is 11.6. The molecule has 1 aliphatic rings. The molecule has 1 saturated carbocycles. The second-order valence-corrected chi connectivity index (χ2v) is 5.26. The molecule has 0 aromatic heterocycles. The predicted molar refractivity (Wildman–Crippen MR) is 70.6 cm³/mol. The number of rotatable bonds is 2. The van der Waals surface area contributed by atoms with Gasteiger partial charge >= 0.3 is 0 Å². The molecule has 0 nitrogen and oxygen atoms in total. The molecule has 0 N–H and O–H groups in total. The van der Waals surface area contributed by atoms with Gasteiger partial charge in [-0.1, -0.05) is 25.1 Å². The fraction of sp³-hybridized carbons (Fsp3) is 0.562. The molecule has 0 amide bonds. The van der Waals surface area contributed by atoms with Crippen LogP contribution in [0.15, 0.2) is 18.2 Å². The average Bonchev–Trinajstić information content (AvgIpc) is 2.30. The Morgan fingerprint density at radius 1 is 1.19 bits per heavy atom. The van der Waals surface area contributed by atoms with Crippen molar-refractivity contribution in [3.8, 4) is 0 Å². The molecule has 0 aliphatic heterocycles. The third kappa shape index (κ3) is 2.42. The van der Waals surface area contributed by atoms with Gasteiger partial charge in [-0.05, 0) is 61.6 Å². The summed E-state index contributed by atoms with van der Waals surface area (Å²) in [7, 11) is 0. The smallest absolute Gasteiger partial charge is 0.0613 e. The standard InChI is InChI=1S/C16H23/c1-4-14-9-10-16(11-13(14)3)15-7-5-12(2)6-8-15/h9-12,15H,2,4-8H2,1,3H3/q+1. The first-order chi connectivity index (χ1) is 7.70. The minimum atomic E-state index is 0.701. The van der Waals surface area contributed by atoms with E-state index < -0.39 is 0 Å². The van der Waals surface area contributed by atoms with E-state index in [9.17, 15) is 0 Å². The van der Waals surface area contributed by atoms with Crippen LogP contribution in [0.4, 0.5) is 0 Å².